The molecule has 3 rings (SSSR count). The fourth-order valence-corrected chi connectivity index (χ4v) is 3.11. The van der Waals surface area contributed by atoms with Crippen LogP contribution in [0.2, 0.25) is 0 Å². The number of carbonyl (C=O) groups is 1. The molecular weight excluding hydrogens is 278 g/mol. The number of pyridine rings is 1. The lowest BCUT2D eigenvalue weighted by molar-refractivity contribution is 0.0763. The number of amides is 1. The summed E-state index contributed by atoms with van der Waals surface area (Å²) in [5, 5.41) is 11.1. The van der Waals surface area contributed by atoms with Gasteiger partial charge in [-0.05, 0) is 32.6 Å². The number of benzene rings is 1. The van der Waals surface area contributed by atoms with Gasteiger partial charge in [0.2, 0.25) is 0 Å². The second-order valence-corrected chi connectivity index (χ2v) is 6.12. The van der Waals surface area contributed by atoms with Crippen LogP contribution in [0, 0.1) is 6.92 Å². The van der Waals surface area contributed by atoms with E-state index >= 15 is 0 Å². The Labute approximate surface area is 130 Å². The Hall–Kier alpha value is -1.98. The van der Waals surface area contributed by atoms with Crippen LogP contribution in [-0.2, 0) is 0 Å². The zero-order valence-electron chi connectivity index (χ0n) is 13.2. The third-order valence-corrected chi connectivity index (χ3v) is 4.48. The van der Waals surface area contributed by atoms with Crippen molar-refractivity contribution in [1.82, 2.24) is 14.8 Å². The Balaban J connectivity index is 1.92. The highest BCUT2D eigenvalue weighted by Crippen LogP contribution is 2.23. The Morgan fingerprint density at radius 3 is 2.73 bits per heavy atom. The van der Waals surface area contributed by atoms with E-state index in [0.717, 1.165) is 16.5 Å². The first-order chi connectivity index (χ1) is 10.5. The number of aliphatic hydroxyl groups excluding tert-OH is 1. The SMILES string of the molecule is Cc1c(C(=O)N2C[C@H](O)[C@@H](N(C)C)C2)cnc2ccccc12. The fraction of sp³-hybridized carbons (Fsp3) is 0.412. The average molecular weight is 299 g/mol. The van der Waals surface area contributed by atoms with Gasteiger partial charge in [0.1, 0.15) is 0 Å². The standard InChI is InChI=1S/C17H21N3O2/c1-11-12-6-4-5-7-14(12)18-8-13(11)17(22)20-9-15(19(2)3)16(21)10-20/h4-8,15-16,21H,9-10H2,1-3H3/t15-,16-/m0/s1. The van der Waals surface area contributed by atoms with Crippen LogP contribution in [0.3, 0.4) is 0 Å². The van der Waals surface area contributed by atoms with Crippen LogP contribution in [0.5, 0.6) is 0 Å². The first-order valence-electron chi connectivity index (χ1n) is 7.47. The first kappa shape index (κ1) is 14.9. The van der Waals surface area contributed by atoms with Gasteiger partial charge in [0.05, 0.1) is 23.2 Å². The minimum atomic E-state index is -0.507. The van der Waals surface area contributed by atoms with E-state index in [0.29, 0.717) is 18.7 Å². The number of rotatable bonds is 2. The molecule has 1 aromatic carbocycles. The predicted molar refractivity (Wildman–Crippen MR) is 85.9 cm³/mol. The van der Waals surface area contributed by atoms with Gasteiger partial charge >= 0.3 is 0 Å². The second kappa shape index (κ2) is 5.66. The number of β-amino-alcohol motifs (C(OH)–C–C–N with tert-alkyl or cyclic N) is 1. The molecule has 0 radical (unpaired) electrons. The molecule has 1 aromatic heterocycles. The number of aryl methyl sites for hydroxylation is 1. The zero-order valence-corrected chi connectivity index (χ0v) is 13.2. The molecule has 0 unspecified atom stereocenters. The van der Waals surface area contributed by atoms with Crippen molar-refractivity contribution < 1.29 is 9.90 Å². The van der Waals surface area contributed by atoms with E-state index in [1.165, 1.54) is 0 Å². The lowest BCUT2D eigenvalue weighted by Gasteiger charge is -2.21. The van der Waals surface area contributed by atoms with Crippen molar-refractivity contribution in [3.05, 3.63) is 41.6 Å². The Bertz CT molecular complexity index is 714. The van der Waals surface area contributed by atoms with Crippen LogP contribution >= 0.6 is 0 Å². The molecular formula is C17H21N3O2. The molecule has 0 saturated carbocycles. The van der Waals surface area contributed by atoms with E-state index in [4.69, 9.17) is 0 Å². The number of likely N-dealkylation sites (N-methyl/N-ethyl adjacent to an activating group) is 1. The molecule has 2 heterocycles. The molecule has 5 heteroatoms. The molecule has 22 heavy (non-hydrogen) atoms. The molecule has 0 bridgehead atoms. The summed E-state index contributed by atoms with van der Waals surface area (Å²) >= 11 is 0. The number of aliphatic hydroxyl groups is 1. The number of aromatic nitrogens is 1. The maximum absolute atomic E-state index is 12.8. The summed E-state index contributed by atoms with van der Waals surface area (Å²) in [5.41, 5.74) is 2.45. The molecule has 0 aliphatic carbocycles. The van der Waals surface area contributed by atoms with Crippen molar-refractivity contribution in [3.8, 4) is 0 Å². The highest BCUT2D eigenvalue weighted by Gasteiger charge is 2.36. The molecule has 1 fully saturated rings. The van der Waals surface area contributed by atoms with Crippen molar-refractivity contribution in [2.24, 2.45) is 0 Å². The topological polar surface area (TPSA) is 56.7 Å². The van der Waals surface area contributed by atoms with Gasteiger partial charge < -0.3 is 14.9 Å². The van der Waals surface area contributed by atoms with Crippen molar-refractivity contribution in [2.45, 2.75) is 19.1 Å². The normalized spacial score (nSPS) is 21.8. The predicted octanol–water partition coefficient (Wildman–Crippen LogP) is 1.29. The van der Waals surface area contributed by atoms with Crippen molar-refractivity contribution in [1.29, 1.82) is 0 Å². The third-order valence-electron chi connectivity index (χ3n) is 4.48. The number of hydrogen-bond donors (Lipinski definition) is 1. The molecule has 1 aliphatic heterocycles. The van der Waals surface area contributed by atoms with Crippen LogP contribution in [0.4, 0.5) is 0 Å². The number of fused-ring (bicyclic) bond motifs is 1. The summed E-state index contributed by atoms with van der Waals surface area (Å²) < 4.78 is 0. The monoisotopic (exact) mass is 299 g/mol. The number of nitrogens with zero attached hydrogens (tertiary/aromatic N) is 3. The highest BCUT2D eigenvalue weighted by molar-refractivity contribution is 6.00. The summed E-state index contributed by atoms with van der Waals surface area (Å²) in [6.45, 7) is 2.86. The Kier molecular flexibility index (Phi) is 3.85. The lowest BCUT2D eigenvalue weighted by atomic mass is 10.0. The van der Waals surface area contributed by atoms with E-state index in [9.17, 15) is 9.90 Å². The molecule has 1 saturated heterocycles. The highest BCUT2D eigenvalue weighted by atomic mass is 16.3. The van der Waals surface area contributed by atoms with Gasteiger partial charge in [0.15, 0.2) is 0 Å². The summed E-state index contributed by atoms with van der Waals surface area (Å²) in [4.78, 5) is 20.8. The Morgan fingerprint density at radius 2 is 2.05 bits per heavy atom. The smallest absolute Gasteiger partial charge is 0.255 e. The van der Waals surface area contributed by atoms with Crippen molar-refractivity contribution >= 4 is 16.8 Å². The minimum Gasteiger partial charge on any atom is -0.390 e. The lowest BCUT2D eigenvalue weighted by Crippen LogP contribution is -2.38. The minimum absolute atomic E-state index is 0.0160. The average Bonchev–Trinajstić information content (AvgIpc) is 2.89. The van der Waals surface area contributed by atoms with Gasteiger partial charge in [-0.3, -0.25) is 9.78 Å². The van der Waals surface area contributed by atoms with Crippen LogP contribution in [-0.4, -0.2) is 65.1 Å². The van der Waals surface area contributed by atoms with Gasteiger partial charge in [0, 0.05) is 24.7 Å². The third kappa shape index (κ3) is 2.46. The molecule has 116 valence electrons. The second-order valence-electron chi connectivity index (χ2n) is 6.12. The molecule has 2 atom stereocenters. The van der Waals surface area contributed by atoms with E-state index < -0.39 is 6.10 Å². The van der Waals surface area contributed by atoms with E-state index in [-0.39, 0.29) is 11.9 Å². The van der Waals surface area contributed by atoms with Gasteiger partial charge in [-0.15, -0.1) is 0 Å². The van der Waals surface area contributed by atoms with Gasteiger partial charge in [-0.2, -0.15) is 0 Å². The summed E-state index contributed by atoms with van der Waals surface area (Å²) in [6, 6.07) is 7.80. The molecule has 5 nitrogen and oxygen atoms in total. The first-order valence-corrected chi connectivity index (χ1v) is 7.47. The Morgan fingerprint density at radius 1 is 1.32 bits per heavy atom. The number of hydrogen-bond acceptors (Lipinski definition) is 4. The quantitative estimate of drug-likeness (QED) is 0.908. The molecule has 1 aliphatic rings. The van der Waals surface area contributed by atoms with Gasteiger partial charge in [-0.1, -0.05) is 18.2 Å². The van der Waals surface area contributed by atoms with Gasteiger partial charge in [0.25, 0.3) is 5.91 Å². The van der Waals surface area contributed by atoms with E-state index in [1.54, 1.807) is 11.1 Å². The molecule has 1 N–H and O–H groups in total. The zero-order chi connectivity index (χ0) is 15.9. The van der Waals surface area contributed by atoms with Crippen LogP contribution in [0.25, 0.3) is 10.9 Å². The summed E-state index contributed by atoms with van der Waals surface area (Å²) in [7, 11) is 3.84. The summed E-state index contributed by atoms with van der Waals surface area (Å²) in [5.74, 6) is -0.0563. The van der Waals surface area contributed by atoms with Gasteiger partial charge in [-0.25, -0.2) is 0 Å². The van der Waals surface area contributed by atoms with Crippen LogP contribution in [0.15, 0.2) is 30.5 Å². The molecule has 1 amide bonds. The maximum atomic E-state index is 12.8. The number of carbonyl (C=O) groups excluding carboxylic acids is 1. The number of likely N-dealkylation sites (tertiary alicyclic amines) is 1. The van der Waals surface area contributed by atoms with Crippen molar-refractivity contribution in [2.75, 3.05) is 27.2 Å². The van der Waals surface area contributed by atoms with E-state index in [1.807, 2.05) is 50.2 Å². The molecule has 2 aromatic rings. The summed E-state index contributed by atoms with van der Waals surface area (Å²) in [6.07, 6.45) is 1.14. The molecule has 0 spiro atoms. The van der Waals surface area contributed by atoms with Crippen molar-refractivity contribution in [3.63, 3.8) is 0 Å². The number of para-hydroxylation sites is 1. The fourth-order valence-electron chi connectivity index (χ4n) is 3.11. The maximum Gasteiger partial charge on any atom is 0.255 e. The van der Waals surface area contributed by atoms with Crippen LogP contribution < -0.4 is 0 Å². The largest absolute Gasteiger partial charge is 0.390 e. The van der Waals surface area contributed by atoms with E-state index in [2.05, 4.69) is 4.98 Å². The van der Waals surface area contributed by atoms with Crippen LogP contribution in [0.1, 0.15) is 15.9 Å².